The number of hydrogen-bond acceptors (Lipinski definition) is 5. The SMILES string of the molecule is CN(c1ccccc1)S(=O)(=O)c1ccc(C(=O)N(Cc2cccs2)C[C@H]2CCCO2)cc1. The minimum Gasteiger partial charge on any atom is -0.376 e. The lowest BCUT2D eigenvalue weighted by molar-refractivity contribution is 0.0509. The average Bonchev–Trinajstić information content (AvgIpc) is 3.53. The van der Waals surface area contributed by atoms with Crippen molar-refractivity contribution in [1.82, 2.24) is 4.90 Å². The summed E-state index contributed by atoms with van der Waals surface area (Å²) < 4.78 is 33.0. The zero-order valence-corrected chi connectivity index (χ0v) is 19.5. The van der Waals surface area contributed by atoms with E-state index in [0.29, 0.717) is 24.3 Å². The lowest BCUT2D eigenvalue weighted by Crippen LogP contribution is -2.36. The molecule has 0 saturated carbocycles. The van der Waals surface area contributed by atoms with Crippen molar-refractivity contribution in [2.24, 2.45) is 0 Å². The normalized spacial score (nSPS) is 16.1. The van der Waals surface area contributed by atoms with E-state index >= 15 is 0 Å². The van der Waals surface area contributed by atoms with Gasteiger partial charge in [0.05, 0.1) is 23.2 Å². The summed E-state index contributed by atoms with van der Waals surface area (Å²) in [6.07, 6.45) is 1.99. The fourth-order valence-electron chi connectivity index (χ4n) is 3.73. The third-order valence-corrected chi connectivity index (χ3v) is 8.20. The van der Waals surface area contributed by atoms with Gasteiger partial charge in [-0.3, -0.25) is 9.10 Å². The Kier molecular flexibility index (Phi) is 6.93. The highest BCUT2D eigenvalue weighted by atomic mass is 32.2. The molecule has 4 rings (SSSR count). The van der Waals surface area contributed by atoms with E-state index in [0.717, 1.165) is 24.3 Å². The molecule has 6 nitrogen and oxygen atoms in total. The van der Waals surface area contributed by atoms with Crippen LogP contribution in [0.1, 0.15) is 28.1 Å². The molecule has 1 aliphatic heterocycles. The van der Waals surface area contributed by atoms with E-state index in [1.165, 1.54) is 23.5 Å². The van der Waals surface area contributed by atoms with E-state index in [1.54, 1.807) is 52.6 Å². The predicted octanol–water partition coefficient (Wildman–Crippen LogP) is 4.39. The first-order valence-corrected chi connectivity index (χ1v) is 12.8. The Morgan fingerprint density at radius 2 is 1.81 bits per heavy atom. The van der Waals surface area contributed by atoms with Gasteiger partial charge in [-0.15, -0.1) is 11.3 Å². The number of rotatable bonds is 8. The predicted molar refractivity (Wildman–Crippen MR) is 127 cm³/mol. The second-order valence-corrected chi connectivity index (χ2v) is 10.7. The zero-order chi connectivity index (χ0) is 22.6. The molecule has 0 N–H and O–H groups in total. The standard InChI is InChI=1S/C24H26N2O4S2/c1-25(20-7-3-2-4-8-20)32(28,29)23-13-11-19(12-14-23)24(27)26(17-21-9-5-15-30-21)18-22-10-6-16-31-22/h2-4,6-8,10-14,16,21H,5,9,15,17-18H2,1H3/t21-/m1/s1. The van der Waals surface area contributed by atoms with Gasteiger partial charge in [0.2, 0.25) is 0 Å². The zero-order valence-electron chi connectivity index (χ0n) is 17.9. The lowest BCUT2D eigenvalue weighted by Gasteiger charge is -2.25. The summed E-state index contributed by atoms with van der Waals surface area (Å²) in [5, 5.41) is 1.99. The van der Waals surface area contributed by atoms with Gasteiger partial charge in [-0.1, -0.05) is 24.3 Å². The summed E-state index contributed by atoms with van der Waals surface area (Å²) in [5.74, 6) is -0.130. The fraction of sp³-hybridized carbons (Fsp3) is 0.292. The van der Waals surface area contributed by atoms with Gasteiger partial charge >= 0.3 is 0 Å². The highest BCUT2D eigenvalue weighted by molar-refractivity contribution is 7.92. The van der Waals surface area contributed by atoms with Crippen molar-refractivity contribution < 1.29 is 17.9 Å². The first kappa shape index (κ1) is 22.5. The molecule has 8 heteroatoms. The van der Waals surface area contributed by atoms with Crippen LogP contribution in [0, 0.1) is 0 Å². The summed E-state index contributed by atoms with van der Waals surface area (Å²) >= 11 is 1.61. The highest BCUT2D eigenvalue weighted by Crippen LogP contribution is 2.23. The number of anilines is 1. The van der Waals surface area contributed by atoms with Gasteiger partial charge in [0, 0.05) is 30.6 Å². The Morgan fingerprint density at radius 1 is 1.06 bits per heavy atom. The molecular weight excluding hydrogens is 444 g/mol. The summed E-state index contributed by atoms with van der Waals surface area (Å²) in [6.45, 7) is 1.76. The van der Waals surface area contributed by atoms with E-state index in [-0.39, 0.29) is 16.9 Å². The summed E-state index contributed by atoms with van der Waals surface area (Å²) in [5.41, 5.74) is 1.03. The molecule has 1 fully saturated rings. The second kappa shape index (κ2) is 9.85. The third-order valence-electron chi connectivity index (χ3n) is 5.54. The van der Waals surface area contributed by atoms with Crippen molar-refractivity contribution in [2.45, 2.75) is 30.4 Å². The van der Waals surface area contributed by atoms with E-state index in [4.69, 9.17) is 4.74 Å². The Labute approximate surface area is 193 Å². The maximum Gasteiger partial charge on any atom is 0.264 e. The van der Waals surface area contributed by atoms with Gasteiger partial charge in [-0.05, 0) is 60.7 Å². The third kappa shape index (κ3) is 5.03. The molecule has 1 aromatic heterocycles. The minimum atomic E-state index is -3.72. The van der Waals surface area contributed by atoms with Crippen LogP contribution in [-0.2, 0) is 21.3 Å². The monoisotopic (exact) mass is 470 g/mol. The molecular formula is C24H26N2O4S2. The smallest absolute Gasteiger partial charge is 0.264 e. The van der Waals surface area contributed by atoms with Gasteiger partial charge in [0.15, 0.2) is 0 Å². The van der Waals surface area contributed by atoms with E-state index in [1.807, 2.05) is 23.6 Å². The minimum absolute atomic E-state index is 0.0399. The number of carbonyl (C=O) groups is 1. The van der Waals surface area contributed by atoms with Crippen molar-refractivity contribution in [3.05, 3.63) is 82.6 Å². The maximum atomic E-state index is 13.3. The lowest BCUT2D eigenvalue weighted by atomic mass is 10.1. The highest BCUT2D eigenvalue weighted by Gasteiger charge is 2.25. The molecule has 1 aliphatic rings. The van der Waals surface area contributed by atoms with Gasteiger partial charge in [0.25, 0.3) is 15.9 Å². The van der Waals surface area contributed by atoms with Crippen LogP contribution in [0.2, 0.25) is 0 Å². The quantitative estimate of drug-likeness (QED) is 0.490. The summed E-state index contributed by atoms with van der Waals surface area (Å²) in [4.78, 5) is 16.3. The number of para-hydroxylation sites is 1. The molecule has 0 radical (unpaired) electrons. The van der Waals surface area contributed by atoms with Gasteiger partial charge in [0.1, 0.15) is 0 Å². The molecule has 0 aliphatic carbocycles. The van der Waals surface area contributed by atoms with Crippen LogP contribution in [-0.4, -0.2) is 45.5 Å². The molecule has 0 spiro atoms. The van der Waals surface area contributed by atoms with E-state index in [9.17, 15) is 13.2 Å². The summed E-state index contributed by atoms with van der Waals surface area (Å²) in [7, 11) is -2.20. The van der Waals surface area contributed by atoms with Crippen LogP contribution in [0.5, 0.6) is 0 Å². The molecule has 0 unspecified atom stereocenters. The molecule has 1 saturated heterocycles. The van der Waals surface area contributed by atoms with Crippen LogP contribution in [0.25, 0.3) is 0 Å². The first-order chi connectivity index (χ1) is 15.4. The van der Waals surface area contributed by atoms with Crippen molar-refractivity contribution in [2.75, 3.05) is 24.5 Å². The van der Waals surface area contributed by atoms with Crippen molar-refractivity contribution in [1.29, 1.82) is 0 Å². The molecule has 1 amide bonds. The molecule has 168 valence electrons. The molecule has 1 atom stereocenters. The molecule has 3 aromatic rings. The van der Waals surface area contributed by atoms with Gasteiger partial charge < -0.3 is 9.64 Å². The number of hydrogen-bond donors (Lipinski definition) is 0. The fourth-order valence-corrected chi connectivity index (χ4v) is 5.65. The maximum absolute atomic E-state index is 13.3. The molecule has 2 aromatic carbocycles. The summed E-state index contributed by atoms with van der Waals surface area (Å²) in [6, 6.07) is 19.0. The topological polar surface area (TPSA) is 66.9 Å². The van der Waals surface area contributed by atoms with Crippen LogP contribution in [0.3, 0.4) is 0 Å². The Morgan fingerprint density at radius 3 is 2.44 bits per heavy atom. The van der Waals surface area contributed by atoms with Crippen LogP contribution in [0.4, 0.5) is 5.69 Å². The number of ether oxygens (including phenoxy) is 1. The van der Waals surface area contributed by atoms with Crippen LogP contribution >= 0.6 is 11.3 Å². The molecule has 2 heterocycles. The number of nitrogens with zero attached hydrogens (tertiary/aromatic N) is 2. The number of amides is 1. The van der Waals surface area contributed by atoms with Gasteiger partial charge in [-0.2, -0.15) is 0 Å². The number of benzene rings is 2. The van der Waals surface area contributed by atoms with Crippen molar-refractivity contribution in [3.8, 4) is 0 Å². The van der Waals surface area contributed by atoms with Crippen molar-refractivity contribution in [3.63, 3.8) is 0 Å². The Hall–Kier alpha value is -2.68. The number of thiophene rings is 1. The number of carbonyl (C=O) groups excluding carboxylic acids is 1. The van der Waals surface area contributed by atoms with Crippen LogP contribution < -0.4 is 4.31 Å². The largest absolute Gasteiger partial charge is 0.376 e. The Balaban J connectivity index is 1.53. The van der Waals surface area contributed by atoms with Crippen molar-refractivity contribution >= 4 is 33.0 Å². The molecule has 32 heavy (non-hydrogen) atoms. The molecule has 0 bridgehead atoms. The first-order valence-electron chi connectivity index (χ1n) is 10.5. The average molecular weight is 471 g/mol. The second-order valence-electron chi connectivity index (χ2n) is 7.73. The van der Waals surface area contributed by atoms with E-state index < -0.39 is 10.0 Å². The van der Waals surface area contributed by atoms with Gasteiger partial charge in [-0.25, -0.2) is 8.42 Å². The van der Waals surface area contributed by atoms with E-state index in [2.05, 4.69) is 0 Å². The number of sulfonamides is 1. The van der Waals surface area contributed by atoms with Crippen LogP contribution in [0.15, 0.2) is 77.0 Å². The Bertz CT molecular complexity index is 1120.